The Balaban J connectivity index is -0.000000249. The van der Waals surface area contributed by atoms with Gasteiger partial charge in [0.2, 0.25) is 0 Å². The second kappa shape index (κ2) is 9.98. The number of rotatable bonds is 2. The first-order valence-corrected chi connectivity index (χ1v) is 4.17. The number of benzene rings is 1. The summed E-state index contributed by atoms with van der Waals surface area (Å²) < 4.78 is 0. The van der Waals surface area contributed by atoms with Crippen LogP contribution in [0.2, 0.25) is 0 Å². The molecule has 0 unspecified atom stereocenters. The Morgan fingerprint density at radius 2 is 1.60 bits per heavy atom. The summed E-state index contributed by atoms with van der Waals surface area (Å²) in [7, 11) is 0. The summed E-state index contributed by atoms with van der Waals surface area (Å²) in [4.78, 5) is 19.4. The summed E-state index contributed by atoms with van der Waals surface area (Å²) in [6.07, 6.45) is -1.83. The smallest absolute Gasteiger partial charge is 1.00 e. The van der Waals surface area contributed by atoms with Gasteiger partial charge in [0.1, 0.15) is 0 Å². The Bertz CT molecular complexity index is 304. The molecule has 4 nitrogen and oxygen atoms in total. The molecule has 0 saturated carbocycles. The normalized spacial score (nSPS) is 7.80. The molecular formula is C9H10ClNaO4. The van der Waals surface area contributed by atoms with Crippen LogP contribution in [-0.2, 0) is 0 Å². The molecule has 0 atom stereocenters. The molecule has 0 radical (unpaired) electrons. The van der Waals surface area contributed by atoms with E-state index < -0.39 is 6.16 Å². The maximum Gasteiger partial charge on any atom is 1.00 e. The predicted octanol–water partition coefficient (Wildman–Crippen LogP) is -0.553. The van der Waals surface area contributed by atoms with Crippen molar-refractivity contribution in [2.75, 3.05) is 5.88 Å². The van der Waals surface area contributed by atoms with Crippen LogP contribution in [0.5, 0.6) is 0 Å². The summed E-state index contributed by atoms with van der Waals surface area (Å²) in [5.74, 6) is 0.0339. The van der Waals surface area contributed by atoms with Gasteiger partial charge in [0.25, 0.3) is 0 Å². The minimum Gasteiger partial charge on any atom is -1.00 e. The molecule has 78 valence electrons. The Kier molecular flexibility index (Phi) is 11.2. The maximum atomic E-state index is 10.9. The Morgan fingerprint density at radius 1 is 1.20 bits per heavy atom. The molecule has 1 rings (SSSR count). The van der Waals surface area contributed by atoms with E-state index in [1.807, 2.05) is 18.2 Å². The fourth-order valence-electron chi connectivity index (χ4n) is 0.701. The van der Waals surface area contributed by atoms with Gasteiger partial charge in [-0.25, -0.2) is 4.79 Å². The summed E-state index contributed by atoms with van der Waals surface area (Å²) in [6.45, 7) is 0. The van der Waals surface area contributed by atoms with Crippen LogP contribution in [0.3, 0.4) is 0 Å². The first-order valence-electron chi connectivity index (χ1n) is 3.64. The van der Waals surface area contributed by atoms with E-state index >= 15 is 0 Å². The van der Waals surface area contributed by atoms with Crippen molar-refractivity contribution in [2.45, 2.75) is 0 Å². The molecular weight excluding hydrogens is 231 g/mol. The molecule has 0 aromatic heterocycles. The zero-order chi connectivity index (χ0) is 11.0. The van der Waals surface area contributed by atoms with E-state index in [9.17, 15) is 4.79 Å². The predicted molar refractivity (Wildman–Crippen MR) is 53.3 cm³/mol. The average molecular weight is 241 g/mol. The van der Waals surface area contributed by atoms with Crippen LogP contribution in [0.1, 0.15) is 11.8 Å². The minimum atomic E-state index is -1.83. The fraction of sp³-hybridized carbons (Fsp3) is 0.111. The number of Topliss-reactive ketones (excluding diaryl/α,β-unsaturated/α-hetero) is 1. The summed E-state index contributed by atoms with van der Waals surface area (Å²) >= 11 is 5.34. The molecule has 2 N–H and O–H groups in total. The van der Waals surface area contributed by atoms with Gasteiger partial charge in [0, 0.05) is 5.56 Å². The molecule has 0 amide bonds. The van der Waals surface area contributed by atoms with Gasteiger partial charge in [0.15, 0.2) is 5.78 Å². The SMILES string of the molecule is O=C(CCl)c1ccccc1.O=C(O)O.[H-].[Na+]. The second-order valence-corrected chi connectivity index (χ2v) is 2.47. The third-order valence-corrected chi connectivity index (χ3v) is 1.46. The minimum absolute atomic E-state index is 0. The van der Waals surface area contributed by atoms with E-state index in [1.54, 1.807) is 12.1 Å². The molecule has 15 heavy (non-hydrogen) atoms. The largest absolute Gasteiger partial charge is 1.00 e. The van der Waals surface area contributed by atoms with Crippen molar-refractivity contribution < 1.29 is 50.8 Å². The Labute approximate surface area is 116 Å². The third kappa shape index (κ3) is 9.75. The van der Waals surface area contributed by atoms with Crippen molar-refractivity contribution in [2.24, 2.45) is 0 Å². The number of ketones is 1. The summed E-state index contributed by atoms with van der Waals surface area (Å²) in [5.41, 5.74) is 0.678. The van der Waals surface area contributed by atoms with Crippen molar-refractivity contribution in [3.8, 4) is 0 Å². The number of hydrogen-bond acceptors (Lipinski definition) is 2. The van der Waals surface area contributed by atoms with Gasteiger partial charge in [-0.05, 0) is 0 Å². The quantitative estimate of drug-likeness (QED) is 0.413. The van der Waals surface area contributed by atoms with Gasteiger partial charge in [-0.1, -0.05) is 30.3 Å². The molecule has 0 saturated heterocycles. The van der Waals surface area contributed by atoms with Gasteiger partial charge in [-0.15, -0.1) is 11.6 Å². The van der Waals surface area contributed by atoms with Crippen LogP contribution >= 0.6 is 11.6 Å². The maximum absolute atomic E-state index is 10.9. The van der Waals surface area contributed by atoms with E-state index in [1.165, 1.54) is 0 Å². The summed E-state index contributed by atoms with van der Waals surface area (Å²) in [5, 5.41) is 13.9. The topological polar surface area (TPSA) is 74.6 Å². The molecule has 0 fully saturated rings. The first-order chi connectivity index (χ1) is 6.57. The van der Waals surface area contributed by atoms with Crippen LogP contribution in [-0.4, -0.2) is 28.0 Å². The van der Waals surface area contributed by atoms with Crippen LogP contribution in [0.4, 0.5) is 4.79 Å². The van der Waals surface area contributed by atoms with Gasteiger partial charge in [0.05, 0.1) is 5.88 Å². The number of carbonyl (C=O) groups excluding carboxylic acids is 1. The monoisotopic (exact) mass is 240 g/mol. The Morgan fingerprint density at radius 3 is 1.93 bits per heavy atom. The van der Waals surface area contributed by atoms with Crippen LogP contribution in [0.25, 0.3) is 0 Å². The molecule has 0 bridgehead atoms. The van der Waals surface area contributed by atoms with E-state index in [0.29, 0.717) is 5.56 Å². The molecule has 0 heterocycles. The van der Waals surface area contributed by atoms with E-state index in [4.69, 9.17) is 26.6 Å². The fourth-order valence-corrected chi connectivity index (χ4v) is 0.856. The molecule has 0 aliphatic rings. The van der Waals surface area contributed by atoms with Gasteiger partial charge in [-0.2, -0.15) is 0 Å². The van der Waals surface area contributed by atoms with Crippen molar-refractivity contribution in [1.82, 2.24) is 0 Å². The van der Waals surface area contributed by atoms with Gasteiger partial charge >= 0.3 is 35.7 Å². The zero-order valence-electron chi connectivity index (χ0n) is 9.18. The Hall–Kier alpha value is -0.550. The van der Waals surface area contributed by atoms with Crippen molar-refractivity contribution in [3.63, 3.8) is 0 Å². The summed E-state index contributed by atoms with van der Waals surface area (Å²) in [6, 6.07) is 9.01. The molecule has 1 aromatic carbocycles. The standard InChI is InChI=1S/C8H7ClO.CH2O3.Na.H/c9-6-8(10)7-4-2-1-3-5-7;2-1(3)4;;/h1-5H,6H2;(H2,2,3,4);;/q;;+1;-1. The van der Waals surface area contributed by atoms with Crippen LogP contribution in [0.15, 0.2) is 30.3 Å². The van der Waals surface area contributed by atoms with E-state index in [0.717, 1.165) is 0 Å². The molecule has 6 heteroatoms. The molecule has 0 spiro atoms. The number of alkyl halides is 1. The first kappa shape index (κ1) is 16.9. The van der Waals surface area contributed by atoms with Crippen molar-refractivity contribution >= 4 is 23.5 Å². The number of halogens is 1. The average Bonchev–Trinajstić information content (AvgIpc) is 2.17. The van der Waals surface area contributed by atoms with E-state index in [2.05, 4.69) is 0 Å². The number of carbonyl (C=O) groups is 2. The van der Waals surface area contributed by atoms with E-state index in [-0.39, 0.29) is 42.6 Å². The number of carboxylic acid groups (broad SMARTS) is 2. The van der Waals surface area contributed by atoms with Gasteiger partial charge < -0.3 is 11.6 Å². The molecule has 1 aromatic rings. The second-order valence-electron chi connectivity index (χ2n) is 2.21. The molecule has 0 aliphatic heterocycles. The van der Waals surface area contributed by atoms with Gasteiger partial charge in [-0.3, -0.25) is 4.79 Å². The van der Waals surface area contributed by atoms with Crippen molar-refractivity contribution in [1.29, 1.82) is 0 Å². The van der Waals surface area contributed by atoms with Crippen molar-refractivity contribution in [3.05, 3.63) is 35.9 Å². The zero-order valence-corrected chi connectivity index (χ0v) is 10.9. The molecule has 0 aliphatic carbocycles. The number of hydrogen-bond donors (Lipinski definition) is 2. The van der Waals surface area contributed by atoms with Crippen LogP contribution in [0, 0.1) is 0 Å². The third-order valence-electron chi connectivity index (χ3n) is 1.22. The van der Waals surface area contributed by atoms with Crippen LogP contribution < -0.4 is 29.6 Å².